The van der Waals surface area contributed by atoms with Gasteiger partial charge in [-0.15, -0.1) is 0 Å². The summed E-state index contributed by atoms with van der Waals surface area (Å²) in [5, 5.41) is 3.17. The predicted molar refractivity (Wildman–Crippen MR) is 71.3 cm³/mol. The molecule has 4 heteroatoms. The number of methoxy groups -OCH3 is 1. The second-order valence-electron chi connectivity index (χ2n) is 5.00. The van der Waals surface area contributed by atoms with Gasteiger partial charge in [0.1, 0.15) is 5.60 Å². The van der Waals surface area contributed by atoms with Crippen LogP contribution in [0.25, 0.3) is 0 Å². The molecule has 1 fully saturated rings. The maximum atomic E-state index is 5.65. The molecule has 4 nitrogen and oxygen atoms in total. The molecule has 1 aliphatic rings. The number of hydrogen-bond donors (Lipinski definition) is 1. The van der Waals surface area contributed by atoms with Gasteiger partial charge in [0.2, 0.25) is 0 Å². The van der Waals surface area contributed by atoms with Gasteiger partial charge >= 0.3 is 0 Å². The summed E-state index contributed by atoms with van der Waals surface area (Å²) in [5.41, 5.74) is 2.16. The molecule has 0 bridgehead atoms. The Morgan fingerprint density at radius 2 is 2.22 bits per heavy atom. The molecule has 0 atom stereocenters. The molecule has 0 unspecified atom stereocenters. The van der Waals surface area contributed by atoms with E-state index in [1.54, 1.807) is 7.11 Å². The standard InChI is InChI=1S/C14H23N3O/c1-4-6-12-11(9-15-2)10-16-13(17-12)14(18-3)7-5-8-14/h10,15H,4-9H2,1-3H3. The van der Waals surface area contributed by atoms with E-state index >= 15 is 0 Å². The maximum absolute atomic E-state index is 5.65. The van der Waals surface area contributed by atoms with Crippen LogP contribution in [0.5, 0.6) is 0 Å². The number of ether oxygens (including phenoxy) is 1. The van der Waals surface area contributed by atoms with E-state index in [1.165, 1.54) is 17.7 Å². The number of hydrogen-bond acceptors (Lipinski definition) is 4. The van der Waals surface area contributed by atoms with Crippen LogP contribution in [0, 0.1) is 0 Å². The number of nitrogens with one attached hydrogen (secondary N) is 1. The van der Waals surface area contributed by atoms with Gasteiger partial charge in [-0.1, -0.05) is 13.3 Å². The Bertz CT molecular complexity index is 397. The topological polar surface area (TPSA) is 47.0 Å². The van der Waals surface area contributed by atoms with E-state index in [0.717, 1.165) is 38.1 Å². The fourth-order valence-electron chi connectivity index (χ4n) is 2.47. The van der Waals surface area contributed by atoms with Gasteiger partial charge < -0.3 is 10.1 Å². The SMILES string of the molecule is CCCc1nc(C2(OC)CCC2)ncc1CNC. The molecule has 0 spiro atoms. The van der Waals surface area contributed by atoms with E-state index in [9.17, 15) is 0 Å². The highest BCUT2D eigenvalue weighted by Crippen LogP contribution is 2.42. The lowest BCUT2D eigenvalue weighted by Gasteiger charge is -2.39. The first-order chi connectivity index (χ1) is 8.75. The predicted octanol–water partition coefficient (Wildman–Crippen LogP) is 2.17. The van der Waals surface area contributed by atoms with E-state index in [0.29, 0.717) is 0 Å². The zero-order valence-electron chi connectivity index (χ0n) is 11.6. The minimum atomic E-state index is -0.208. The fraction of sp³-hybridized carbons (Fsp3) is 0.714. The molecule has 100 valence electrons. The summed E-state index contributed by atoms with van der Waals surface area (Å²) in [5.74, 6) is 0.875. The second kappa shape index (κ2) is 5.76. The van der Waals surface area contributed by atoms with Crippen LogP contribution in [0.2, 0.25) is 0 Å². The lowest BCUT2D eigenvalue weighted by Crippen LogP contribution is -2.38. The first-order valence-electron chi connectivity index (χ1n) is 6.80. The third-order valence-corrected chi connectivity index (χ3v) is 3.77. The lowest BCUT2D eigenvalue weighted by molar-refractivity contribution is -0.0848. The summed E-state index contributed by atoms with van der Waals surface area (Å²) < 4.78 is 5.65. The number of rotatable bonds is 6. The van der Waals surface area contributed by atoms with Crippen LogP contribution in [0.15, 0.2) is 6.20 Å². The van der Waals surface area contributed by atoms with Crippen molar-refractivity contribution in [3.63, 3.8) is 0 Å². The van der Waals surface area contributed by atoms with Crippen LogP contribution in [0.4, 0.5) is 0 Å². The van der Waals surface area contributed by atoms with E-state index in [4.69, 9.17) is 9.72 Å². The zero-order chi connectivity index (χ0) is 13.0. The molecule has 2 rings (SSSR count). The minimum Gasteiger partial charge on any atom is -0.370 e. The van der Waals surface area contributed by atoms with Gasteiger partial charge in [-0.2, -0.15) is 0 Å². The highest BCUT2D eigenvalue weighted by molar-refractivity contribution is 5.21. The normalized spacial score (nSPS) is 17.5. The Hall–Kier alpha value is -1.00. The van der Waals surface area contributed by atoms with Gasteiger partial charge in [0.05, 0.1) is 0 Å². The monoisotopic (exact) mass is 249 g/mol. The van der Waals surface area contributed by atoms with Crippen LogP contribution in [0.3, 0.4) is 0 Å². The van der Waals surface area contributed by atoms with Crippen molar-refractivity contribution in [2.45, 2.75) is 51.2 Å². The molecular weight excluding hydrogens is 226 g/mol. The highest BCUT2D eigenvalue weighted by atomic mass is 16.5. The molecule has 1 N–H and O–H groups in total. The van der Waals surface area contributed by atoms with E-state index in [-0.39, 0.29) is 5.60 Å². The summed E-state index contributed by atoms with van der Waals surface area (Å²) in [6.45, 7) is 3.01. The first-order valence-corrected chi connectivity index (χ1v) is 6.80. The van der Waals surface area contributed by atoms with Crippen molar-refractivity contribution in [3.05, 3.63) is 23.3 Å². The van der Waals surface area contributed by atoms with Gasteiger partial charge in [0.15, 0.2) is 5.82 Å². The molecule has 1 heterocycles. The molecule has 1 aliphatic carbocycles. The fourth-order valence-corrected chi connectivity index (χ4v) is 2.47. The number of nitrogens with zero attached hydrogens (tertiary/aromatic N) is 2. The number of aromatic nitrogens is 2. The molecular formula is C14H23N3O. The summed E-state index contributed by atoms with van der Waals surface area (Å²) >= 11 is 0. The van der Waals surface area contributed by atoms with E-state index < -0.39 is 0 Å². The molecule has 1 aromatic rings. The van der Waals surface area contributed by atoms with Crippen LogP contribution >= 0.6 is 0 Å². The molecule has 0 amide bonds. The van der Waals surface area contributed by atoms with E-state index in [1.807, 2.05) is 13.2 Å². The maximum Gasteiger partial charge on any atom is 0.160 e. The molecule has 18 heavy (non-hydrogen) atoms. The zero-order valence-corrected chi connectivity index (χ0v) is 11.6. The van der Waals surface area contributed by atoms with Gasteiger partial charge in [0.25, 0.3) is 0 Å². The molecule has 0 saturated heterocycles. The van der Waals surface area contributed by atoms with Crippen molar-refractivity contribution >= 4 is 0 Å². The van der Waals surface area contributed by atoms with Crippen molar-refractivity contribution in [2.75, 3.05) is 14.2 Å². The molecule has 0 radical (unpaired) electrons. The Morgan fingerprint density at radius 3 is 2.72 bits per heavy atom. The Kier molecular flexibility index (Phi) is 4.30. The Morgan fingerprint density at radius 1 is 1.44 bits per heavy atom. The van der Waals surface area contributed by atoms with Crippen molar-refractivity contribution in [3.8, 4) is 0 Å². The van der Waals surface area contributed by atoms with Gasteiger partial charge in [-0.3, -0.25) is 0 Å². The Labute approximate surface area is 109 Å². The smallest absolute Gasteiger partial charge is 0.160 e. The summed E-state index contributed by atoms with van der Waals surface area (Å²) in [6, 6.07) is 0. The van der Waals surface area contributed by atoms with Crippen LogP contribution in [0.1, 0.15) is 49.7 Å². The average Bonchev–Trinajstić information content (AvgIpc) is 2.32. The molecule has 0 aromatic carbocycles. The molecule has 1 aromatic heterocycles. The quantitative estimate of drug-likeness (QED) is 0.839. The second-order valence-corrected chi connectivity index (χ2v) is 5.00. The first kappa shape index (κ1) is 13.4. The van der Waals surface area contributed by atoms with Crippen LogP contribution in [-0.2, 0) is 23.3 Å². The van der Waals surface area contributed by atoms with E-state index in [2.05, 4.69) is 17.2 Å². The molecule has 0 aliphatic heterocycles. The molecule has 1 saturated carbocycles. The van der Waals surface area contributed by atoms with Crippen LogP contribution in [-0.4, -0.2) is 24.1 Å². The van der Waals surface area contributed by atoms with Gasteiger partial charge in [-0.25, -0.2) is 9.97 Å². The van der Waals surface area contributed by atoms with Crippen molar-refractivity contribution in [2.24, 2.45) is 0 Å². The Balaban J connectivity index is 2.30. The highest BCUT2D eigenvalue weighted by Gasteiger charge is 2.41. The van der Waals surface area contributed by atoms with Crippen molar-refractivity contribution < 1.29 is 4.74 Å². The summed E-state index contributed by atoms with van der Waals surface area (Å²) in [6.07, 6.45) is 7.36. The summed E-state index contributed by atoms with van der Waals surface area (Å²) in [7, 11) is 3.72. The lowest BCUT2D eigenvalue weighted by atomic mass is 9.79. The third kappa shape index (κ3) is 2.40. The van der Waals surface area contributed by atoms with Gasteiger partial charge in [-0.05, 0) is 32.7 Å². The van der Waals surface area contributed by atoms with Gasteiger partial charge in [0, 0.05) is 31.1 Å². The minimum absolute atomic E-state index is 0.208. The van der Waals surface area contributed by atoms with Crippen LogP contribution < -0.4 is 5.32 Å². The third-order valence-electron chi connectivity index (χ3n) is 3.77. The van der Waals surface area contributed by atoms with Crippen molar-refractivity contribution in [1.82, 2.24) is 15.3 Å². The van der Waals surface area contributed by atoms with Crippen molar-refractivity contribution in [1.29, 1.82) is 0 Å². The average molecular weight is 249 g/mol. The largest absolute Gasteiger partial charge is 0.370 e. The summed E-state index contributed by atoms with van der Waals surface area (Å²) in [4.78, 5) is 9.30. The number of aryl methyl sites for hydroxylation is 1.